The summed E-state index contributed by atoms with van der Waals surface area (Å²) in [5, 5.41) is 0. The van der Waals surface area contributed by atoms with Gasteiger partial charge in [-0.05, 0) is 74.0 Å². The molecule has 0 aromatic carbocycles. The Bertz CT molecular complexity index is 555. The molecule has 4 rings (SSSR count). The van der Waals surface area contributed by atoms with Gasteiger partial charge in [-0.3, -0.25) is 9.59 Å². The number of carbonyl (C=O) groups excluding carboxylic acids is 2. The minimum Gasteiger partial charge on any atom is -0.462 e. The fourth-order valence-corrected chi connectivity index (χ4v) is 7.39. The molecule has 0 radical (unpaired) electrons. The molecule has 0 aromatic rings. The first kappa shape index (κ1) is 16.6. The van der Waals surface area contributed by atoms with Crippen molar-refractivity contribution in [1.29, 1.82) is 0 Å². The molecular weight excluding hydrogens is 300 g/mol. The molecule has 4 saturated carbocycles. The van der Waals surface area contributed by atoms with E-state index in [1.165, 1.54) is 32.1 Å². The summed E-state index contributed by atoms with van der Waals surface area (Å²) in [6.07, 6.45) is 10.1. The lowest BCUT2D eigenvalue weighted by atomic mass is 9.45. The highest BCUT2D eigenvalue weighted by molar-refractivity contribution is 5.79. The van der Waals surface area contributed by atoms with Gasteiger partial charge in [0, 0.05) is 25.2 Å². The second-order valence-electron chi connectivity index (χ2n) is 9.62. The third-order valence-corrected chi connectivity index (χ3v) is 8.70. The predicted molar refractivity (Wildman–Crippen MR) is 92.3 cm³/mol. The van der Waals surface area contributed by atoms with Gasteiger partial charge in [-0.25, -0.2) is 0 Å². The molecule has 0 amide bonds. The fraction of sp³-hybridized carbons (Fsp3) is 0.905. The third kappa shape index (κ3) is 2.29. The number of Topliss-reactive ketones (excluding diaryl/α,β-unsaturated/α-hetero) is 1. The number of carbonyl (C=O) groups is 2. The average molecular weight is 332 g/mol. The molecule has 7 atom stereocenters. The zero-order chi connectivity index (χ0) is 17.1. The topological polar surface area (TPSA) is 43.4 Å². The molecule has 4 aliphatic rings. The van der Waals surface area contributed by atoms with Crippen LogP contribution in [0, 0.1) is 34.5 Å². The van der Waals surface area contributed by atoms with Crippen molar-refractivity contribution in [2.45, 2.75) is 84.7 Å². The Balaban J connectivity index is 1.58. The van der Waals surface area contributed by atoms with Crippen molar-refractivity contribution in [2.24, 2.45) is 34.5 Å². The van der Waals surface area contributed by atoms with Crippen LogP contribution in [0.4, 0.5) is 0 Å². The van der Waals surface area contributed by atoms with Crippen LogP contribution in [-0.2, 0) is 14.3 Å². The number of ketones is 1. The molecule has 0 unspecified atom stereocenters. The second-order valence-corrected chi connectivity index (χ2v) is 9.62. The minimum absolute atomic E-state index is 0.120. The quantitative estimate of drug-likeness (QED) is 0.663. The van der Waals surface area contributed by atoms with Gasteiger partial charge in [-0.15, -0.1) is 0 Å². The van der Waals surface area contributed by atoms with Crippen molar-refractivity contribution in [3.05, 3.63) is 0 Å². The van der Waals surface area contributed by atoms with Crippen LogP contribution in [0.2, 0.25) is 0 Å². The first-order valence-corrected chi connectivity index (χ1v) is 10.0. The van der Waals surface area contributed by atoms with Crippen LogP contribution >= 0.6 is 0 Å². The Hall–Kier alpha value is -0.860. The van der Waals surface area contributed by atoms with Gasteiger partial charge in [0.05, 0.1) is 0 Å². The predicted octanol–water partition coefficient (Wildman–Crippen LogP) is 4.53. The first-order valence-electron chi connectivity index (χ1n) is 10.0. The molecule has 0 N–H and O–H groups in total. The fourth-order valence-electron chi connectivity index (χ4n) is 7.39. The van der Waals surface area contributed by atoms with Gasteiger partial charge in [0.15, 0.2) is 0 Å². The summed E-state index contributed by atoms with van der Waals surface area (Å²) in [6, 6.07) is 0. The van der Waals surface area contributed by atoms with Gasteiger partial charge in [0.2, 0.25) is 0 Å². The Kier molecular flexibility index (Phi) is 3.85. The summed E-state index contributed by atoms with van der Waals surface area (Å²) < 4.78 is 5.73. The Labute approximate surface area is 145 Å². The van der Waals surface area contributed by atoms with Crippen molar-refractivity contribution >= 4 is 11.8 Å². The van der Waals surface area contributed by atoms with Crippen molar-refractivity contribution in [2.75, 3.05) is 0 Å². The van der Waals surface area contributed by atoms with Crippen LogP contribution in [0.1, 0.15) is 78.6 Å². The van der Waals surface area contributed by atoms with E-state index in [2.05, 4.69) is 13.8 Å². The van der Waals surface area contributed by atoms with E-state index in [4.69, 9.17) is 4.74 Å². The monoisotopic (exact) mass is 332 g/mol. The zero-order valence-corrected chi connectivity index (χ0v) is 15.5. The molecule has 0 aromatic heterocycles. The van der Waals surface area contributed by atoms with Crippen LogP contribution in [0.3, 0.4) is 0 Å². The largest absolute Gasteiger partial charge is 0.462 e. The van der Waals surface area contributed by atoms with Crippen molar-refractivity contribution in [3.63, 3.8) is 0 Å². The van der Waals surface area contributed by atoms with Gasteiger partial charge < -0.3 is 4.74 Å². The maximum absolute atomic E-state index is 12.0. The van der Waals surface area contributed by atoms with E-state index in [-0.39, 0.29) is 17.5 Å². The molecule has 4 aliphatic carbocycles. The molecule has 0 saturated heterocycles. The highest BCUT2D eigenvalue weighted by atomic mass is 16.5. The van der Waals surface area contributed by atoms with Gasteiger partial charge in [-0.2, -0.15) is 0 Å². The van der Waals surface area contributed by atoms with E-state index in [1.54, 1.807) is 6.92 Å². The highest BCUT2D eigenvalue weighted by Gasteiger charge is 2.60. The number of ether oxygens (including phenoxy) is 1. The van der Waals surface area contributed by atoms with E-state index in [0.717, 1.165) is 37.5 Å². The van der Waals surface area contributed by atoms with Gasteiger partial charge in [-0.1, -0.05) is 13.8 Å². The number of rotatable bonds is 1. The summed E-state index contributed by atoms with van der Waals surface area (Å²) in [7, 11) is 0. The summed E-state index contributed by atoms with van der Waals surface area (Å²) in [4.78, 5) is 23.5. The molecular formula is C21H32O3. The smallest absolute Gasteiger partial charge is 0.302 e. The molecule has 0 aliphatic heterocycles. The summed E-state index contributed by atoms with van der Waals surface area (Å²) in [5.41, 5.74) is 0.554. The van der Waals surface area contributed by atoms with Crippen LogP contribution in [-0.4, -0.2) is 17.9 Å². The molecule has 3 nitrogen and oxygen atoms in total. The molecule has 4 fully saturated rings. The number of hydrogen-bond acceptors (Lipinski definition) is 3. The Morgan fingerprint density at radius 1 is 1.00 bits per heavy atom. The SMILES string of the molecule is CC(=O)O[C@H]1CC[C@H]2[C@@H]3CC[C@H]4CC(=O)CC[C@]4(C)[C@@H]3CC[C@]12C. The minimum atomic E-state index is -0.120. The lowest BCUT2D eigenvalue weighted by Crippen LogP contribution is -2.54. The van der Waals surface area contributed by atoms with E-state index in [0.29, 0.717) is 23.0 Å². The van der Waals surface area contributed by atoms with E-state index in [9.17, 15) is 9.59 Å². The molecule has 0 heterocycles. The summed E-state index contributed by atoms with van der Waals surface area (Å²) >= 11 is 0. The lowest BCUT2D eigenvalue weighted by Gasteiger charge is -2.60. The molecule has 24 heavy (non-hydrogen) atoms. The molecule has 134 valence electrons. The van der Waals surface area contributed by atoms with Crippen LogP contribution in [0.15, 0.2) is 0 Å². The maximum atomic E-state index is 12.0. The summed E-state index contributed by atoms with van der Waals surface area (Å²) in [5.74, 6) is 3.25. The van der Waals surface area contributed by atoms with E-state index < -0.39 is 0 Å². The van der Waals surface area contributed by atoms with Gasteiger partial charge in [0.25, 0.3) is 0 Å². The average Bonchev–Trinajstić information content (AvgIpc) is 2.84. The second kappa shape index (κ2) is 5.57. The van der Waals surface area contributed by atoms with Crippen LogP contribution in [0.5, 0.6) is 0 Å². The Morgan fingerprint density at radius 2 is 1.75 bits per heavy atom. The van der Waals surface area contributed by atoms with Crippen LogP contribution < -0.4 is 0 Å². The van der Waals surface area contributed by atoms with Crippen molar-refractivity contribution < 1.29 is 14.3 Å². The standard InChI is InChI=1S/C21H32O3/c1-13(22)24-19-7-6-17-16-5-4-14-12-15(23)8-10-20(14,2)18(16)9-11-21(17,19)3/h14,16-19H,4-12H2,1-3H3/t14-,16-,17-,18+,19-,20-,21-/m0/s1. The van der Waals surface area contributed by atoms with Crippen molar-refractivity contribution in [3.8, 4) is 0 Å². The molecule has 0 bridgehead atoms. The van der Waals surface area contributed by atoms with E-state index >= 15 is 0 Å². The highest BCUT2D eigenvalue weighted by Crippen LogP contribution is 2.66. The zero-order valence-electron chi connectivity index (χ0n) is 15.5. The maximum Gasteiger partial charge on any atom is 0.302 e. The number of hydrogen-bond donors (Lipinski definition) is 0. The normalized spacial score (nSPS) is 50.6. The Morgan fingerprint density at radius 3 is 2.50 bits per heavy atom. The molecule has 3 heteroatoms. The van der Waals surface area contributed by atoms with Gasteiger partial charge in [0.1, 0.15) is 11.9 Å². The van der Waals surface area contributed by atoms with Crippen LogP contribution in [0.25, 0.3) is 0 Å². The lowest BCUT2D eigenvalue weighted by molar-refractivity contribution is -0.162. The molecule has 0 spiro atoms. The number of fused-ring (bicyclic) bond motifs is 5. The van der Waals surface area contributed by atoms with Crippen molar-refractivity contribution in [1.82, 2.24) is 0 Å². The third-order valence-electron chi connectivity index (χ3n) is 8.70. The summed E-state index contributed by atoms with van der Waals surface area (Å²) in [6.45, 7) is 6.42. The van der Waals surface area contributed by atoms with E-state index in [1.807, 2.05) is 0 Å². The first-order chi connectivity index (χ1) is 11.3. The van der Waals surface area contributed by atoms with Gasteiger partial charge >= 0.3 is 5.97 Å². The number of esters is 1.